The molecule has 164 valence electrons. The van der Waals surface area contributed by atoms with Crippen LogP contribution in [0.15, 0.2) is 64.0 Å². The lowest BCUT2D eigenvalue weighted by atomic mass is 10.1. The third-order valence-corrected chi connectivity index (χ3v) is 6.80. The van der Waals surface area contributed by atoms with E-state index >= 15 is 0 Å². The van der Waals surface area contributed by atoms with Gasteiger partial charge in [-0.05, 0) is 25.1 Å². The van der Waals surface area contributed by atoms with Crippen LogP contribution < -0.4 is 10.6 Å². The number of carbonyl (C=O) groups is 1. The van der Waals surface area contributed by atoms with Crippen molar-refractivity contribution in [3.63, 3.8) is 0 Å². The number of benzene rings is 2. The highest BCUT2D eigenvalue weighted by atomic mass is 32.2. The molecule has 3 aromatic rings. The van der Waals surface area contributed by atoms with Crippen LogP contribution in [0, 0.1) is 0 Å². The summed E-state index contributed by atoms with van der Waals surface area (Å²) in [6, 6.07) is 15.5. The van der Waals surface area contributed by atoms with Crippen LogP contribution in [-0.2, 0) is 10.0 Å². The van der Waals surface area contributed by atoms with E-state index in [2.05, 4.69) is 15.8 Å². The Kier molecular flexibility index (Phi) is 7.09. The van der Waals surface area contributed by atoms with E-state index in [-0.39, 0.29) is 10.7 Å². The van der Waals surface area contributed by atoms with Crippen LogP contribution in [0.5, 0.6) is 0 Å². The summed E-state index contributed by atoms with van der Waals surface area (Å²) in [4.78, 5) is 12.9. The third kappa shape index (κ3) is 4.95. The summed E-state index contributed by atoms with van der Waals surface area (Å²) in [6.45, 7) is 6.79. The number of nitrogens with one attached hydrogen (secondary N) is 2. The zero-order valence-corrected chi connectivity index (χ0v) is 18.6. The molecule has 0 radical (unpaired) electrons. The van der Waals surface area contributed by atoms with E-state index in [1.165, 1.54) is 16.4 Å². The lowest BCUT2D eigenvalue weighted by Gasteiger charge is -2.20. The van der Waals surface area contributed by atoms with E-state index in [1.54, 1.807) is 26.0 Å². The molecule has 0 atom stereocenters. The van der Waals surface area contributed by atoms with Gasteiger partial charge in [0.2, 0.25) is 15.8 Å². The number of anilines is 2. The Morgan fingerprint density at radius 1 is 1.00 bits per heavy atom. The Morgan fingerprint density at radius 3 is 2.35 bits per heavy atom. The second kappa shape index (κ2) is 9.76. The van der Waals surface area contributed by atoms with Crippen LogP contribution in [0.25, 0.3) is 11.3 Å². The Morgan fingerprint density at radius 2 is 1.71 bits per heavy atom. The minimum atomic E-state index is -3.67. The van der Waals surface area contributed by atoms with Crippen LogP contribution in [0.1, 0.15) is 31.3 Å². The molecule has 9 heteroatoms. The third-order valence-electron chi connectivity index (χ3n) is 4.75. The average Bonchev–Trinajstić information content (AvgIpc) is 3.27. The topological polar surface area (TPSA) is 105 Å². The number of sulfonamides is 1. The zero-order chi connectivity index (χ0) is 22.4. The molecule has 0 aliphatic rings. The Balaban J connectivity index is 1.91. The van der Waals surface area contributed by atoms with E-state index in [0.717, 1.165) is 5.56 Å². The molecule has 3 rings (SSSR count). The van der Waals surface area contributed by atoms with Crippen LogP contribution >= 0.6 is 0 Å². The SMILES string of the molecule is CCNc1ccc(S(=O)(=O)N(CC)CC)cc1NC(=O)c1cc(-c2ccccc2)no1. The van der Waals surface area contributed by atoms with Crippen LogP contribution in [0.3, 0.4) is 0 Å². The quantitative estimate of drug-likeness (QED) is 0.518. The number of carbonyl (C=O) groups excluding carboxylic acids is 1. The highest BCUT2D eigenvalue weighted by Crippen LogP contribution is 2.28. The van der Waals surface area contributed by atoms with Crippen molar-refractivity contribution in [2.45, 2.75) is 25.7 Å². The predicted octanol–water partition coefficient (Wildman–Crippen LogP) is 4.06. The normalized spacial score (nSPS) is 11.5. The van der Waals surface area contributed by atoms with Gasteiger partial charge in [0, 0.05) is 31.3 Å². The summed E-state index contributed by atoms with van der Waals surface area (Å²) in [5.74, 6) is -0.496. The molecule has 0 aliphatic carbocycles. The molecule has 2 N–H and O–H groups in total. The van der Waals surface area contributed by atoms with Gasteiger partial charge in [-0.15, -0.1) is 0 Å². The maximum absolute atomic E-state index is 12.9. The first-order valence-electron chi connectivity index (χ1n) is 10.1. The molecule has 0 unspecified atom stereocenters. The maximum Gasteiger partial charge on any atom is 0.294 e. The average molecular weight is 443 g/mol. The Labute approximate surface area is 182 Å². The molecule has 1 heterocycles. The smallest absolute Gasteiger partial charge is 0.294 e. The minimum Gasteiger partial charge on any atom is -0.384 e. The number of amides is 1. The van der Waals surface area contributed by atoms with Gasteiger partial charge in [-0.1, -0.05) is 49.3 Å². The van der Waals surface area contributed by atoms with E-state index in [1.807, 2.05) is 37.3 Å². The molecule has 0 fully saturated rings. The summed E-state index contributed by atoms with van der Waals surface area (Å²) >= 11 is 0. The van der Waals surface area contributed by atoms with Crippen molar-refractivity contribution in [2.24, 2.45) is 0 Å². The first-order chi connectivity index (χ1) is 14.9. The second-order valence-corrected chi connectivity index (χ2v) is 8.66. The summed E-state index contributed by atoms with van der Waals surface area (Å²) < 4.78 is 32.4. The Hall–Kier alpha value is -3.17. The van der Waals surface area contributed by atoms with Crippen molar-refractivity contribution in [3.8, 4) is 11.3 Å². The summed E-state index contributed by atoms with van der Waals surface area (Å²) in [7, 11) is -3.67. The van der Waals surface area contributed by atoms with Gasteiger partial charge >= 0.3 is 0 Å². The largest absolute Gasteiger partial charge is 0.384 e. The number of aromatic nitrogens is 1. The lowest BCUT2D eigenvalue weighted by Crippen LogP contribution is -2.30. The molecule has 0 bridgehead atoms. The minimum absolute atomic E-state index is 0.0262. The van der Waals surface area contributed by atoms with Gasteiger partial charge in [0.1, 0.15) is 5.69 Å². The molecule has 0 spiro atoms. The Bertz CT molecular complexity index is 1140. The van der Waals surface area contributed by atoms with Gasteiger partial charge in [-0.3, -0.25) is 4.79 Å². The first-order valence-corrected chi connectivity index (χ1v) is 11.6. The monoisotopic (exact) mass is 442 g/mol. The van der Waals surface area contributed by atoms with E-state index < -0.39 is 15.9 Å². The lowest BCUT2D eigenvalue weighted by molar-refractivity contribution is 0.0988. The van der Waals surface area contributed by atoms with Gasteiger partial charge in [0.05, 0.1) is 16.3 Å². The molecule has 0 saturated heterocycles. The van der Waals surface area contributed by atoms with Crippen LogP contribution in [0.4, 0.5) is 11.4 Å². The fourth-order valence-electron chi connectivity index (χ4n) is 3.16. The summed E-state index contributed by atoms with van der Waals surface area (Å²) in [5, 5.41) is 9.83. The molecule has 1 amide bonds. The fraction of sp³-hybridized carbons (Fsp3) is 0.273. The fourth-order valence-corrected chi connectivity index (χ4v) is 4.64. The molecule has 31 heavy (non-hydrogen) atoms. The molecular formula is C22H26N4O4S. The number of rotatable bonds is 9. The van der Waals surface area contributed by atoms with E-state index in [4.69, 9.17) is 4.52 Å². The van der Waals surface area contributed by atoms with Crippen LogP contribution in [0.2, 0.25) is 0 Å². The molecule has 1 aromatic heterocycles. The van der Waals surface area contributed by atoms with E-state index in [0.29, 0.717) is 36.7 Å². The highest BCUT2D eigenvalue weighted by molar-refractivity contribution is 7.89. The number of hydrogen-bond acceptors (Lipinski definition) is 6. The standard InChI is InChI=1S/C22H26N4O4S/c1-4-23-18-13-12-17(31(28,29)26(5-2)6-3)14-20(18)24-22(27)21-15-19(25-30-21)16-10-8-7-9-11-16/h7-15,23H,4-6H2,1-3H3,(H,24,27). The van der Waals surface area contributed by atoms with Crippen molar-refractivity contribution >= 4 is 27.3 Å². The van der Waals surface area contributed by atoms with Gasteiger partial charge in [-0.25, -0.2) is 8.42 Å². The molecular weight excluding hydrogens is 416 g/mol. The van der Waals surface area contributed by atoms with Crippen molar-refractivity contribution in [1.82, 2.24) is 9.46 Å². The predicted molar refractivity (Wildman–Crippen MR) is 121 cm³/mol. The number of nitrogens with zero attached hydrogens (tertiary/aromatic N) is 2. The van der Waals surface area contributed by atoms with Crippen molar-refractivity contribution in [1.29, 1.82) is 0 Å². The van der Waals surface area contributed by atoms with E-state index in [9.17, 15) is 13.2 Å². The molecule has 0 aliphatic heterocycles. The maximum atomic E-state index is 12.9. The van der Waals surface area contributed by atoms with Crippen molar-refractivity contribution in [2.75, 3.05) is 30.3 Å². The van der Waals surface area contributed by atoms with Gasteiger partial charge in [0.25, 0.3) is 5.91 Å². The first kappa shape index (κ1) is 22.5. The van der Waals surface area contributed by atoms with Crippen molar-refractivity contribution < 1.29 is 17.7 Å². The van der Waals surface area contributed by atoms with Crippen LogP contribution in [-0.4, -0.2) is 43.4 Å². The highest BCUT2D eigenvalue weighted by Gasteiger charge is 2.23. The number of hydrogen-bond donors (Lipinski definition) is 2. The van der Waals surface area contributed by atoms with Gasteiger partial charge in [-0.2, -0.15) is 4.31 Å². The second-order valence-electron chi connectivity index (χ2n) is 6.72. The van der Waals surface area contributed by atoms with Crippen molar-refractivity contribution in [3.05, 3.63) is 60.4 Å². The molecule has 0 saturated carbocycles. The summed E-state index contributed by atoms with van der Waals surface area (Å²) in [6.07, 6.45) is 0. The molecule has 8 nitrogen and oxygen atoms in total. The van der Waals surface area contributed by atoms with Gasteiger partial charge < -0.3 is 15.2 Å². The molecule has 2 aromatic carbocycles. The zero-order valence-electron chi connectivity index (χ0n) is 17.8. The van der Waals surface area contributed by atoms with Gasteiger partial charge in [0.15, 0.2) is 0 Å². The summed E-state index contributed by atoms with van der Waals surface area (Å²) in [5.41, 5.74) is 2.32.